The minimum absolute atomic E-state index is 0. The van der Waals surface area contributed by atoms with Crippen LogP contribution < -0.4 is 34.7 Å². The van der Waals surface area contributed by atoms with Crippen molar-refractivity contribution in [2.24, 2.45) is 0 Å². The van der Waals surface area contributed by atoms with Crippen LogP contribution in [0.4, 0.5) is 13.2 Å². The van der Waals surface area contributed by atoms with Crippen LogP contribution in [0.3, 0.4) is 0 Å². The molecule has 0 aromatic carbocycles. The molecule has 52 valence electrons. The summed E-state index contributed by atoms with van der Waals surface area (Å²) in [7, 11) is 0. The van der Waals surface area contributed by atoms with E-state index in [1.54, 1.807) is 0 Å². The van der Waals surface area contributed by atoms with Crippen LogP contribution in [0, 0.1) is 0 Å². The average molecular weight is 162 g/mol. The van der Waals surface area contributed by atoms with Crippen molar-refractivity contribution in [1.82, 2.24) is 0 Å². The number of hydrogen-bond donors (Lipinski definition) is 0. The number of carbonyl (C=O) groups is 1. The Morgan fingerprint density at radius 2 is 1.70 bits per heavy atom. The summed E-state index contributed by atoms with van der Waals surface area (Å²) in [5.41, 5.74) is 0. The summed E-state index contributed by atoms with van der Waals surface area (Å²) in [4.78, 5) is 9.40. The monoisotopic (exact) mass is 162 g/mol. The number of aliphatic carboxylic acids is 1. The summed E-state index contributed by atoms with van der Waals surface area (Å²) in [6.45, 7) is 0. The van der Waals surface area contributed by atoms with Crippen molar-refractivity contribution in [2.45, 2.75) is 6.42 Å². The third-order valence-corrected chi connectivity index (χ3v) is 0.505. The Morgan fingerprint density at radius 3 is 1.80 bits per heavy atom. The van der Waals surface area contributed by atoms with Crippen LogP contribution in [-0.4, -0.2) is 5.97 Å². The maximum atomic E-state index is 11.5. The zero-order valence-corrected chi connectivity index (χ0v) is 7.16. The number of halogens is 3. The first-order valence-electron chi connectivity index (χ1n) is 1.93. The van der Waals surface area contributed by atoms with Crippen LogP contribution in [0.5, 0.6) is 0 Å². The summed E-state index contributed by atoms with van der Waals surface area (Å²) in [5, 5.41) is 9.40. The molecule has 10 heavy (non-hydrogen) atoms. The van der Waals surface area contributed by atoms with Crippen LogP contribution in [-0.2, 0) is 4.79 Å². The first-order chi connectivity index (χ1) is 4.04. The second-order valence-corrected chi connectivity index (χ2v) is 1.21. The molecule has 0 aliphatic heterocycles. The van der Waals surface area contributed by atoms with Crippen molar-refractivity contribution in [3.05, 3.63) is 11.9 Å². The largest absolute Gasteiger partial charge is 1.00 e. The van der Waals surface area contributed by atoms with Gasteiger partial charge in [-0.15, -0.1) is 0 Å². The summed E-state index contributed by atoms with van der Waals surface area (Å²) in [6, 6.07) is 0. The van der Waals surface area contributed by atoms with E-state index in [1.807, 2.05) is 0 Å². The SMILES string of the molecule is O=C([O-])CC(F)=C(F)F.[Na+]. The second kappa shape index (κ2) is 5.76. The van der Waals surface area contributed by atoms with Crippen LogP contribution in [0.15, 0.2) is 11.9 Å². The van der Waals surface area contributed by atoms with E-state index in [-0.39, 0.29) is 29.6 Å². The first kappa shape index (κ1) is 12.7. The molecule has 0 heterocycles. The van der Waals surface area contributed by atoms with Gasteiger partial charge in [-0.05, 0) is 0 Å². The smallest absolute Gasteiger partial charge is 0.550 e. The summed E-state index contributed by atoms with van der Waals surface area (Å²) in [5.74, 6) is -3.81. The van der Waals surface area contributed by atoms with E-state index >= 15 is 0 Å². The molecule has 0 unspecified atom stereocenters. The number of carbonyl (C=O) groups excluding carboxylic acids is 1. The molecule has 0 N–H and O–H groups in total. The van der Waals surface area contributed by atoms with Crippen LogP contribution in [0.2, 0.25) is 0 Å². The van der Waals surface area contributed by atoms with E-state index in [0.717, 1.165) is 0 Å². The van der Waals surface area contributed by atoms with Gasteiger partial charge in [-0.25, -0.2) is 4.39 Å². The Morgan fingerprint density at radius 1 is 1.30 bits per heavy atom. The van der Waals surface area contributed by atoms with E-state index in [4.69, 9.17) is 0 Å². The number of carboxylic acid groups (broad SMARTS) is 1. The van der Waals surface area contributed by atoms with Gasteiger partial charge in [0.05, 0.1) is 0 Å². The zero-order valence-electron chi connectivity index (χ0n) is 5.16. The van der Waals surface area contributed by atoms with Gasteiger partial charge in [-0.1, -0.05) is 0 Å². The summed E-state index contributed by atoms with van der Waals surface area (Å²) >= 11 is 0. The van der Waals surface area contributed by atoms with Gasteiger partial charge in [-0.2, -0.15) is 8.78 Å². The molecule has 0 bridgehead atoms. The molecule has 0 rings (SSSR count). The second-order valence-electron chi connectivity index (χ2n) is 1.21. The molecule has 0 saturated carbocycles. The maximum Gasteiger partial charge on any atom is 1.00 e. The van der Waals surface area contributed by atoms with Crippen LogP contribution >= 0.6 is 0 Å². The van der Waals surface area contributed by atoms with Crippen molar-refractivity contribution in [1.29, 1.82) is 0 Å². The molecule has 0 atom stereocenters. The molecule has 2 nitrogen and oxygen atoms in total. The van der Waals surface area contributed by atoms with Gasteiger partial charge in [0.25, 0.3) is 0 Å². The van der Waals surface area contributed by atoms with Gasteiger partial charge in [0.15, 0.2) is 5.83 Å². The van der Waals surface area contributed by atoms with Crippen LogP contribution in [0.25, 0.3) is 0 Å². The van der Waals surface area contributed by atoms with E-state index in [1.165, 1.54) is 0 Å². The molecule has 0 amide bonds. The van der Waals surface area contributed by atoms with Gasteiger partial charge in [0, 0.05) is 12.4 Å². The van der Waals surface area contributed by atoms with Gasteiger partial charge in [0.2, 0.25) is 0 Å². The molecule has 0 fully saturated rings. The fraction of sp³-hybridized carbons (Fsp3) is 0.250. The molecule has 6 heteroatoms. The predicted octanol–water partition coefficient (Wildman–Crippen LogP) is -2.79. The van der Waals surface area contributed by atoms with Crippen molar-refractivity contribution in [3.63, 3.8) is 0 Å². The van der Waals surface area contributed by atoms with Gasteiger partial charge < -0.3 is 9.90 Å². The zero-order chi connectivity index (χ0) is 7.44. The van der Waals surface area contributed by atoms with Crippen molar-refractivity contribution < 1.29 is 52.6 Å². The van der Waals surface area contributed by atoms with E-state index in [9.17, 15) is 23.1 Å². The first-order valence-corrected chi connectivity index (χ1v) is 1.93. The van der Waals surface area contributed by atoms with E-state index < -0.39 is 24.3 Å². The minimum atomic E-state index is -2.61. The normalized spacial score (nSPS) is 7.90. The van der Waals surface area contributed by atoms with Gasteiger partial charge in [-0.3, -0.25) is 0 Å². The molecule has 0 saturated heterocycles. The molecular formula is C4H2F3NaO2. The van der Waals surface area contributed by atoms with Gasteiger partial charge >= 0.3 is 35.6 Å². The fourth-order valence-corrected chi connectivity index (χ4v) is 0.194. The third-order valence-electron chi connectivity index (χ3n) is 0.505. The summed E-state index contributed by atoms with van der Waals surface area (Å²) < 4.78 is 33.5. The van der Waals surface area contributed by atoms with Crippen molar-refractivity contribution in [2.75, 3.05) is 0 Å². The van der Waals surface area contributed by atoms with E-state index in [2.05, 4.69) is 0 Å². The molecule has 0 spiro atoms. The Labute approximate surface area is 77.0 Å². The molecular weight excluding hydrogens is 160 g/mol. The third kappa shape index (κ3) is 6.12. The number of rotatable bonds is 2. The Bertz CT molecular complexity index is 153. The number of hydrogen-bond acceptors (Lipinski definition) is 2. The Kier molecular flexibility index (Phi) is 7.29. The topological polar surface area (TPSA) is 40.1 Å². The average Bonchev–Trinajstić information content (AvgIpc) is 1.63. The predicted molar refractivity (Wildman–Crippen MR) is 20.0 cm³/mol. The molecule has 0 aliphatic rings. The minimum Gasteiger partial charge on any atom is -0.550 e. The standard InChI is InChI=1S/C4H3F3O2.Na/c5-2(4(6)7)1-3(8)9;/h1H2,(H,8,9);/q;+1/p-1. The maximum absolute atomic E-state index is 11.5. The molecule has 0 aromatic rings. The van der Waals surface area contributed by atoms with Crippen molar-refractivity contribution >= 4 is 5.97 Å². The van der Waals surface area contributed by atoms with E-state index in [0.29, 0.717) is 0 Å². The fourth-order valence-electron chi connectivity index (χ4n) is 0.194. The molecule has 0 aromatic heterocycles. The quantitative estimate of drug-likeness (QED) is 0.412. The Balaban J connectivity index is 0. The summed E-state index contributed by atoms with van der Waals surface area (Å²) in [6.07, 6.45) is -3.97. The van der Waals surface area contributed by atoms with Crippen molar-refractivity contribution in [3.8, 4) is 0 Å². The van der Waals surface area contributed by atoms with Gasteiger partial charge in [0.1, 0.15) is 0 Å². The molecule has 0 radical (unpaired) electrons. The van der Waals surface area contributed by atoms with Crippen LogP contribution in [0.1, 0.15) is 6.42 Å². The number of carboxylic acids is 1. The molecule has 0 aliphatic carbocycles. The Hall–Kier alpha value is 0.